The molecule has 37 heavy (non-hydrogen) atoms. The predicted molar refractivity (Wildman–Crippen MR) is 142 cm³/mol. The van der Waals surface area contributed by atoms with Crippen molar-refractivity contribution in [2.75, 3.05) is 6.61 Å². The van der Waals surface area contributed by atoms with Gasteiger partial charge in [-0.3, -0.25) is 14.5 Å². The van der Waals surface area contributed by atoms with E-state index in [0.717, 1.165) is 22.7 Å². The molecule has 0 spiro atoms. The van der Waals surface area contributed by atoms with E-state index in [0.29, 0.717) is 11.1 Å². The number of benzene rings is 3. The Morgan fingerprint density at radius 1 is 1.03 bits per heavy atom. The highest BCUT2D eigenvalue weighted by Gasteiger charge is 2.35. The predicted octanol–water partition coefficient (Wildman–Crippen LogP) is 7.64. The van der Waals surface area contributed by atoms with Gasteiger partial charge in [-0.05, 0) is 72.3 Å². The zero-order chi connectivity index (χ0) is 26.7. The highest BCUT2D eigenvalue weighted by molar-refractivity contribution is 8.18. The number of carbonyl (C=O) groups excluding carboxylic acids is 3. The molecule has 0 N–H and O–H groups in total. The summed E-state index contributed by atoms with van der Waals surface area (Å²) in [6.07, 6.45) is 1.48. The second kappa shape index (κ2) is 11.6. The number of carbonyl (C=O) groups is 3. The summed E-state index contributed by atoms with van der Waals surface area (Å²) < 4.78 is 24.5. The zero-order valence-corrected chi connectivity index (χ0v) is 22.2. The molecule has 0 bridgehead atoms. The number of ether oxygens (including phenoxy) is 2. The van der Waals surface area contributed by atoms with Gasteiger partial charge < -0.3 is 9.47 Å². The van der Waals surface area contributed by atoms with Crippen LogP contribution in [0.5, 0.6) is 11.5 Å². The van der Waals surface area contributed by atoms with Crippen molar-refractivity contribution >= 4 is 69.8 Å². The molecule has 190 valence electrons. The summed E-state index contributed by atoms with van der Waals surface area (Å²) in [6, 6.07) is 13.2. The Labute approximate surface area is 230 Å². The smallest absolute Gasteiger partial charge is 0.345 e. The van der Waals surface area contributed by atoms with Crippen LogP contribution in [0.1, 0.15) is 28.4 Å². The van der Waals surface area contributed by atoms with E-state index in [1.165, 1.54) is 36.4 Å². The van der Waals surface area contributed by atoms with Crippen LogP contribution in [-0.4, -0.2) is 28.6 Å². The van der Waals surface area contributed by atoms with E-state index in [4.69, 9.17) is 44.3 Å². The molecule has 2 amide bonds. The standard InChI is InChI=1S/C26H17Cl3FNO5S/c1-2-35-21-10-14(9-20(29)23(21)36-25(33)17-5-3-4-6-18(17)27)11-22-24(32)31(26(34)37-22)13-15-7-8-16(30)12-19(15)28/h3-12H,2,13H2,1H3/b22-11-. The largest absolute Gasteiger partial charge is 0.490 e. The fraction of sp³-hybridized carbons (Fsp3) is 0.115. The van der Waals surface area contributed by atoms with Gasteiger partial charge in [0.05, 0.1) is 33.7 Å². The van der Waals surface area contributed by atoms with E-state index in [-0.39, 0.29) is 50.2 Å². The third-order valence-electron chi connectivity index (χ3n) is 5.14. The number of nitrogens with zero attached hydrogens (tertiary/aromatic N) is 1. The molecule has 0 radical (unpaired) electrons. The number of hydrogen-bond acceptors (Lipinski definition) is 6. The van der Waals surface area contributed by atoms with Crippen molar-refractivity contribution in [3.63, 3.8) is 0 Å². The number of esters is 1. The van der Waals surface area contributed by atoms with Crippen LogP contribution in [0.3, 0.4) is 0 Å². The van der Waals surface area contributed by atoms with Crippen LogP contribution >= 0.6 is 46.6 Å². The van der Waals surface area contributed by atoms with Crippen LogP contribution in [0, 0.1) is 5.82 Å². The van der Waals surface area contributed by atoms with Crippen molar-refractivity contribution in [3.05, 3.63) is 97.1 Å². The quantitative estimate of drug-likeness (QED) is 0.162. The van der Waals surface area contributed by atoms with E-state index in [9.17, 15) is 18.8 Å². The number of thioether (sulfide) groups is 1. The molecule has 0 saturated carbocycles. The minimum Gasteiger partial charge on any atom is -0.490 e. The Balaban J connectivity index is 1.60. The molecule has 0 atom stereocenters. The van der Waals surface area contributed by atoms with Gasteiger partial charge in [0, 0.05) is 5.02 Å². The Bertz CT molecular complexity index is 1450. The minimum absolute atomic E-state index is 0.00959. The highest BCUT2D eigenvalue weighted by atomic mass is 35.5. The second-order valence-electron chi connectivity index (χ2n) is 7.64. The molecule has 3 aromatic rings. The van der Waals surface area contributed by atoms with E-state index in [1.54, 1.807) is 25.1 Å². The lowest BCUT2D eigenvalue weighted by Gasteiger charge is -2.14. The molecular formula is C26H17Cl3FNO5S. The summed E-state index contributed by atoms with van der Waals surface area (Å²) in [5.41, 5.74) is 1.02. The summed E-state index contributed by atoms with van der Waals surface area (Å²) in [7, 11) is 0. The van der Waals surface area contributed by atoms with Gasteiger partial charge >= 0.3 is 5.97 Å². The molecular weight excluding hydrogens is 564 g/mol. The maximum absolute atomic E-state index is 13.3. The molecule has 4 rings (SSSR count). The summed E-state index contributed by atoms with van der Waals surface area (Å²) in [5.74, 6) is -1.63. The first kappa shape index (κ1) is 27.0. The van der Waals surface area contributed by atoms with E-state index in [1.807, 2.05) is 0 Å². The molecule has 1 aliphatic rings. The Morgan fingerprint density at radius 3 is 2.49 bits per heavy atom. The molecule has 0 aliphatic carbocycles. The van der Waals surface area contributed by atoms with Gasteiger partial charge in [0.1, 0.15) is 5.82 Å². The zero-order valence-electron chi connectivity index (χ0n) is 19.1. The molecule has 1 aliphatic heterocycles. The first-order valence-corrected chi connectivity index (χ1v) is 12.7. The number of amides is 2. The van der Waals surface area contributed by atoms with Gasteiger partial charge in [-0.2, -0.15) is 0 Å². The van der Waals surface area contributed by atoms with Crippen molar-refractivity contribution in [1.29, 1.82) is 0 Å². The summed E-state index contributed by atoms with van der Waals surface area (Å²) in [4.78, 5) is 39.3. The number of imide groups is 1. The second-order valence-corrected chi connectivity index (χ2v) is 9.85. The van der Waals surface area contributed by atoms with Gasteiger partial charge in [0.2, 0.25) is 0 Å². The topological polar surface area (TPSA) is 72.9 Å². The van der Waals surface area contributed by atoms with Crippen LogP contribution in [0.25, 0.3) is 6.08 Å². The van der Waals surface area contributed by atoms with Crippen LogP contribution in [0.15, 0.2) is 59.5 Å². The maximum Gasteiger partial charge on any atom is 0.345 e. The molecule has 11 heteroatoms. The van der Waals surface area contributed by atoms with Crippen LogP contribution in [0.4, 0.5) is 9.18 Å². The number of rotatable bonds is 7. The molecule has 1 saturated heterocycles. The van der Waals surface area contributed by atoms with Crippen LogP contribution < -0.4 is 9.47 Å². The fourth-order valence-corrected chi connectivity index (χ4v) is 4.95. The van der Waals surface area contributed by atoms with Crippen LogP contribution in [-0.2, 0) is 11.3 Å². The average molecular weight is 581 g/mol. The number of hydrogen-bond donors (Lipinski definition) is 0. The van der Waals surface area contributed by atoms with Crippen molar-refractivity contribution in [1.82, 2.24) is 4.90 Å². The first-order valence-electron chi connectivity index (χ1n) is 10.8. The Hall–Kier alpha value is -3.04. The van der Waals surface area contributed by atoms with Gasteiger partial charge in [-0.25, -0.2) is 9.18 Å². The van der Waals surface area contributed by atoms with Crippen molar-refractivity contribution < 1.29 is 28.2 Å². The fourth-order valence-electron chi connectivity index (χ4n) is 3.42. The van der Waals surface area contributed by atoms with Gasteiger partial charge in [-0.1, -0.05) is 53.0 Å². The molecule has 0 aromatic heterocycles. The maximum atomic E-state index is 13.3. The lowest BCUT2D eigenvalue weighted by Crippen LogP contribution is -2.27. The summed E-state index contributed by atoms with van der Waals surface area (Å²) in [5, 5.41) is -0.123. The van der Waals surface area contributed by atoms with E-state index in [2.05, 4.69) is 0 Å². The van der Waals surface area contributed by atoms with Gasteiger partial charge in [-0.15, -0.1) is 0 Å². The normalized spacial score (nSPS) is 14.4. The monoisotopic (exact) mass is 579 g/mol. The lowest BCUT2D eigenvalue weighted by atomic mass is 10.1. The van der Waals surface area contributed by atoms with Crippen molar-refractivity contribution in [2.45, 2.75) is 13.5 Å². The van der Waals surface area contributed by atoms with Crippen molar-refractivity contribution in [2.24, 2.45) is 0 Å². The minimum atomic E-state index is -0.721. The van der Waals surface area contributed by atoms with E-state index < -0.39 is 22.9 Å². The molecule has 1 heterocycles. The van der Waals surface area contributed by atoms with Gasteiger partial charge in [0.15, 0.2) is 11.5 Å². The average Bonchev–Trinajstić information content (AvgIpc) is 3.10. The summed E-state index contributed by atoms with van der Waals surface area (Å²) in [6.45, 7) is 1.88. The molecule has 1 fully saturated rings. The first-order chi connectivity index (χ1) is 17.7. The molecule has 3 aromatic carbocycles. The Morgan fingerprint density at radius 2 is 1.78 bits per heavy atom. The number of halogens is 4. The van der Waals surface area contributed by atoms with Crippen molar-refractivity contribution in [3.8, 4) is 11.5 Å². The van der Waals surface area contributed by atoms with Gasteiger partial charge in [0.25, 0.3) is 11.1 Å². The third-order valence-corrected chi connectivity index (χ3v) is 7.00. The molecule has 6 nitrogen and oxygen atoms in total. The lowest BCUT2D eigenvalue weighted by molar-refractivity contribution is -0.123. The van der Waals surface area contributed by atoms with Crippen LogP contribution in [0.2, 0.25) is 15.1 Å². The SMILES string of the molecule is CCOc1cc(/C=C2\SC(=O)N(Cc3ccc(F)cc3Cl)C2=O)cc(Cl)c1OC(=O)c1ccccc1Cl. The molecule has 0 unspecified atom stereocenters. The summed E-state index contributed by atoms with van der Waals surface area (Å²) >= 11 is 19.3. The Kier molecular flexibility index (Phi) is 8.44. The van der Waals surface area contributed by atoms with E-state index >= 15 is 0 Å². The third kappa shape index (κ3) is 6.10. The highest BCUT2D eigenvalue weighted by Crippen LogP contribution is 2.40.